The average Bonchev–Trinajstić information content (AvgIpc) is 2.73. The minimum absolute atomic E-state index is 0. The van der Waals surface area contributed by atoms with Crippen LogP contribution in [0.5, 0.6) is 0 Å². The number of rotatable bonds is 0. The maximum atomic E-state index is 8.89. The van der Waals surface area contributed by atoms with Gasteiger partial charge >= 0.3 is 0 Å². The number of hydrogen-bond acceptors (Lipinski definition) is 24. The molecule has 0 spiro atoms. The van der Waals surface area contributed by atoms with E-state index >= 15 is 0 Å². The number of ether oxygens (including phenoxy) is 4. The van der Waals surface area contributed by atoms with Crippen LogP contribution in [0.25, 0.3) is 0 Å². The van der Waals surface area contributed by atoms with Gasteiger partial charge in [-0.15, -0.1) is 0 Å². The second-order valence-corrected chi connectivity index (χ2v) is 7.37. The molecular formula is C26H51Ag4O24-7. The zero-order valence-corrected chi connectivity index (χ0v) is 37.0. The normalized spacial score (nSPS) is 10.0. The van der Waals surface area contributed by atoms with E-state index in [0.29, 0.717) is 13.6 Å². The molecule has 350 valence electrons. The molecular weight excluding hydrogens is 1130 g/mol. The zero-order valence-electron chi connectivity index (χ0n) is 31.0. The summed E-state index contributed by atoms with van der Waals surface area (Å²) >= 11 is 0. The van der Waals surface area contributed by atoms with Crippen molar-refractivity contribution in [3.8, 4) is 0 Å². The van der Waals surface area contributed by atoms with Gasteiger partial charge in [-0.05, 0) is 83.1 Å². The van der Waals surface area contributed by atoms with E-state index in [1.807, 2.05) is 13.8 Å². The van der Waals surface area contributed by atoms with Gasteiger partial charge in [0.05, 0.1) is 0 Å². The predicted molar refractivity (Wildman–Crippen MR) is 149 cm³/mol. The van der Waals surface area contributed by atoms with Crippen LogP contribution < -0.4 is 35.7 Å². The number of aliphatic carboxylic acids is 7. The minimum Gasteiger partial charge on any atom is -0.550 e. The van der Waals surface area contributed by atoms with E-state index in [2.05, 4.69) is 0 Å². The molecule has 2 aliphatic heterocycles. The Labute approximate surface area is 375 Å². The topological polar surface area (TPSA) is 439 Å². The van der Waals surface area contributed by atoms with Crippen LogP contribution >= 0.6 is 0 Å². The number of aliphatic hydroxyl groups is 6. The maximum absolute atomic E-state index is 8.89. The van der Waals surface area contributed by atoms with Gasteiger partial charge in [0.1, 0.15) is 18.9 Å². The van der Waals surface area contributed by atoms with Gasteiger partial charge < -0.3 is 119 Å². The molecule has 0 aromatic rings. The Morgan fingerprint density at radius 2 is 0.426 bits per heavy atom. The van der Waals surface area contributed by atoms with Crippen molar-refractivity contribution < 1.29 is 208 Å². The van der Waals surface area contributed by atoms with Crippen LogP contribution in [0.1, 0.15) is 83.1 Å². The summed E-state index contributed by atoms with van der Waals surface area (Å²) in [5.41, 5.74) is 0. The standard InChI is InChI=1S/2C3H6O2.3C2H6O2.7C2H4O2.4Ag/c2*1-3-4-2-5-3;10*1-2(3)4;;;;/h2*3H,2H2,1H3;3*2-4H,1H3;7*1H3,(H,3,4);;;;/p-7. The molecule has 2 rings (SSSR count). The van der Waals surface area contributed by atoms with Crippen LogP contribution in [0.15, 0.2) is 0 Å². The van der Waals surface area contributed by atoms with Crippen molar-refractivity contribution in [3.63, 3.8) is 0 Å². The first kappa shape index (κ1) is 94.1. The summed E-state index contributed by atoms with van der Waals surface area (Å²) in [7, 11) is 0. The van der Waals surface area contributed by atoms with Gasteiger partial charge in [0.2, 0.25) is 0 Å². The second kappa shape index (κ2) is 80.3. The summed E-state index contributed by atoms with van der Waals surface area (Å²) in [4.78, 5) is 62.2. The first-order chi connectivity index (χ1) is 22.1. The van der Waals surface area contributed by atoms with E-state index in [1.165, 1.54) is 20.8 Å². The van der Waals surface area contributed by atoms with Crippen LogP contribution in [0.2, 0.25) is 0 Å². The van der Waals surface area contributed by atoms with Crippen molar-refractivity contribution in [2.45, 2.75) is 115 Å². The summed E-state index contributed by atoms with van der Waals surface area (Å²) < 4.78 is 18.8. The van der Waals surface area contributed by atoms with Crippen LogP contribution in [-0.4, -0.2) is 117 Å². The van der Waals surface area contributed by atoms with Gasteiger partial charge in [-0.2, -0.15) is 0 Å². The fourth-order valence-corrected chi connectivity index (χ4v) is 0.408. The number of carbonyl (C=O) groups is 7. The van der Waals surface area contributed by atoms with Crippen molar-refractivity contribution >= 4 is 41.8 Å². The summed E-state index contributed by atoms with van der Waals surface area (Å²) in [6.07, 6.45) is -3.37. The molecule has 0 aromatic heterocycles. The van der Waals surface area contributed by atoms with E-state index < -0.39 is 60.7 Å². The molecule has 2 fully saturated rings. The fraction of sp³-hybridized carbons (Fsp3) is 0.731. The van der Waals surface area contributed by atoms with Crippen molar-refractivity contribution in [1.82, 2.24) is 0 Å². The molecule has 6 N–H and O–H groups in total. The molecule has 2 heterocycles. The Balaban J connectivity index is -0.0000000268. The monoisotopic (exact) mass is 1170 g/mol. The van der Waals surface area contributed by atoms with Gasteiger partial charge in [0.15, 0.2) is 26.2 Å². The summed E-state index contributed by atoms with van der Waals surface area (Å²) in [5, 5.41) is 108. The molecule has 24 nitrogen and oxygen atoms in total. The number of carboxylic acids is 7. The second-order valence-electron chi connectivity index (χ2n) is 7.37. The Morgan fingerprint density at radius 1 is 0.389 bits per heavy atom. The molecule has 0 saturated carbocycles. The Morgan fingerprint density at radius 3 is 0.426 bits per heavy atom. The van der Waals surface area contributed by atoms with Gasteiger partial charge in [0, 0.05) is 131 Å². The molecule has 0 unspecified atom stereocenters. The Bertz CT molecular complexity index is 601. The molecule has 0 aromatic carbocycles. The van der Waals surface area contributed by atoms with E-state index in [4.69, 9.17) is 119 Å². The largest absolute Gasteiger partial charge is 0.550 e. The van der Waals surface area contributed by atoms with E-state index in [1.54, 1.807) is 0 Å². The molecule has 54 heavy (non-hydrogen) atoms. The predicted octanol–water partition coefficient (Wildman–Crippen LogP) is -10.1. The average molecular weight is 1180 g/mol. The van der Waals surface area contributed by atoms with Crippen molar-refractivity contribution in [1.29, 1.82) is 0 Å². The van der Waals surface area contributed by atoms with E-state index in [9.17, 15) is 0 Å². The van der Waals surface area contributed by atoms with Gasteiger partial charge in [-0.25, -0.2) is 0 Å². The van der Waals surface area contributed by atoms with Crippen LogP contribution in [0.3, 0.4) is 0 Å². The smallest absolute Gasteiger partial charge is 0.160 e. The van der Waals surface area contributed by atoms with Crippen molar-refractivity contribution in [2.24, 2.45) is 0 Å². The number of carbonyl (C=O) groups excluding carboxylic acids is 7. The summed E-state index contributed by atoms with van der Waals surface area (Å²) in [6, 6.07) is 0. The molecule has 0 aliphatic carbocycles. The Hall–Kier alpha value is -1.15. The van der Waals surface area contributed by atoms with Gasteiger partial charge in [-0.1, -0.05) is 0 Å². The Kier molecular flexibility index (Phi) is 140. The maximum Gasteiger partial charge on any atom is 0.160 e. The zero-order chi connectivity index (χ0) is 43.2. The third-order valence-electron chi connectivity index (χ3n) is 1.21. The van der Waals surface area contributed by atoms with Gasteiger partial charge in [0.25, 0.3) is 0 Å². The van der Waals surface area contributed by atoms with Gasteiger partial charge in [-0.3, -0.25) is 0 Å². The fourth-order valence-electron chi connectivity index (χ4n) is 0.408. The third kappa shape index (κ3) is 1070. The minimum atomic E-state index is -1.17. The third-order valence-corrected chi connectivity index (χ3v) is 1.21. The molecule has 4 radical (unpaired) electrons. The number of hydrogen-bond donors (Lipinski definition) is 6. The quantitative estimate of drug-likeness (QED) is 0.0969. The van der Waals surface area contributed by atoms with Crippen LogP contribution in [-0.2, 0) is 142 Å². The van der Waals surface area contributed by atoms with Crippen LogP contribution in [0.4, 0.5) is 0 Å². The van der Waals surface area contributed by atoms with Crippen molar-refractivity contribution in [3.05, 3.63) is 0 Å². The molecule has 0 atom stereocenters. The first-order valence-electron chi connectivity index (χ1n) is 12.9. The van der Waals surface area contributed by atoms with E-state index in [0.717, 1.165) is 48.5 Å². The first-order valence-corrected chi connectivity index (χ1v) is 12.9. The number of carboxylic acid groups (broad SMARTS) is 7. The summed E-state index contributed by atoms with van der Waals surface area (Å²) in [6.45, 7) is 15.3. The molecule has 0 bridgehead atoms. The van der Waals surface area contributed by atoms with E-state index in [-0.39, 0.29) is 102 Å². The summed E-state index contributed by atoms with van der Waals surface area (Å²) in [5.74, 6) is -7.58. The van der Waals surface area contributed by atoms with Crippen molar-refractivity contribution in [2.75, 3.05) is 13.6 Å². The molecule has 0 amide bonds. The molecule has 2 aliphatic rings. The van der Waals surface area contributed by atoms with Crippen LogP contribution in [0, 0.1) is 0 Å². The molecule has 28 heteroatoms. The molecule has 2 saturated heterocycles. The number of aliphatic hydroxyl groups excluding tert-OH is 3. The SMILES string of the molecule is CC(=O)[O-].CC(=O)[O-].CC(=O)[O-].CC(=O)[O-].CC(=O)[O-].CC(=O)[O-].CC(=O)[O-].CC(O)O.CC(O)O.CC(O)O.CC1OCO1.CC1OCO1.[Ag].[Ag].[Ag].[Ag].